The monoisotopic (exact) mass is 308 g/mol. The van der Waals surface area contributed by atoms with E-state index in [1.807, 2.05) is 35.2 Å². The minimum absolute atomic E-state index is 0.137. The number of carbonyl (C=O) groups is 1. The Hall–Kier alpha value is -2.29. The summed E-state index contributed by atoms with van der Waals surface area (Å²) in [5.41, 5.74) is 5.17. The molecule has 23 heavy (non-hydrogen) atoms. The fourth-order valence-corrected chi connectivity index (χ4v) is 3.08. The SMILES string of the molecule is Cc1cccc(Nc2ccccc2C(=O)N2CCCCC2)c1C. The van der Waals surface area contributed by atoms with E-state index in [9.17, 15) is 4.79 Å². The number of benzene rings is 2. The number of piperidine rings is 1. The average Bonchev–Trinajstić information content (AvgIpc) is 2.60. The van der Waals surface area contributed by atoms with Gasteiger partial charge in [0.05, 0.1) is 11.3 Å². The Bertz CT molecular complexity index is 703. The van der Waals surface area contributed by atoms with Crippen LogP contribution in [-0.2, 0) is 0 Å². The van der Waals surface area contributed by atoms with Gasteiger partial charge in [-0.05, 0) is 62.4 Å². The van der Waals surface area contributed by atoms with Gasteiger partial charge in [-0.3, -0.25) is 4.79 Å². The van der Waals surface area contributed by atoms with E-state index in [4.69, 9.17) is 0 Å². The van der Waals surface area contributed by atoms with E-state index < -0.39 is 0 Å². The normalized spacial score (nSPS) is 14.6. The second kappa shape index (κ2) is 6.86. The summed E-state index contributed by atoms with van der Waals surface area (Å²) in [5.74, 6) is 0.137. The Morgan fingerprint density at radius 1 is 0.913 bits per heavy atom. The highest BCUT2D eigenvalue weighted by Gasteiger charge is 2.20. The van der Waals surface area contributed by atoms with Crippen LogP contribution in [0.3, 0.4) is 0 Å². The first kappa shape index (κ1) is 15.6. The predicted molar refractivity (Wildman–Crippen MR) is 95.4 cm³/mol. The average molecular weight is 308 g/mol. The molecular weight excluding hydrogens is 284 g/mol. The first-order chi connectivity index (χ1) is 11.2. The molecule has 2 aromatic rings. The number of hydrogen-bond donors (Lipinski definition) is 1. The molecule has 3 nitrogen and oxygen atoms in total. The Labute approximate surface area is 138 Å². The first-order valence-corrected chi connectivity index (χ1v) is 8.38. The van der Waals surface area contributed by atoms with Gasteiger partial charge < -0.3 is 10.2 Å². The number of nitrogens with zero attached hydrogens (tertiary/aromatic N) is 1. The number of likely N-dealkylation sites (tertiary alicyclic amines) is 1. The second-order valence-corrected chi connectivity index (χ2v) is 6.27. The molecule has 0 saturated carbocycles. The van der Waals surface area contributed by atoms with Crippen molar-refractivity contribution in [2.24, 2.45) is 0 Å². The third kappa shape index (κ3) is 3.39. The van der Waals surface area contributed by atoms with Gasteiger partial charge in [-0.2, -0.15) is 0 Å². The lowest BCUT2D eigenvalue weighted by Gasteiger charge is -2.27. The fraction of sp³-hybridized carbons (Fsp3) is 0.350. The van der Waals surface area contributed by atoms with Gasteiger partial charge in [-0.1, -0.05) is 24.3 Å². The third-order valence-corrected chi connectivity index (χ3v) is 4.67. The molecule has 0 bridgehead atoms. The van der Waals surface area contributed by atoms with Crippen LogP contribution in [0.2, 0.25) is 0 Å². The second-order valence-electron chi connectivity index (χ2n) is 6.27. The molecule has 1 fully saturated rings. The molecule has 120 valence electrons. The zero-order chi connectivity index (χ0) is 16.2. The van der Waals surface area contributed by atoms with E-state index in [-0.39, 0.29) is 5.91 Å². The molecule has 1 amide bonds. The molecule has 3 rings (SSSR count). The lowest BCUT2D eigenvalue weighted by molar-refractivity contribution is 0.0725. The summed E-state index contributed by atoms with van der Waals surface area (Å²) in [7, 11) is 0. The van der Waals surface area contributed by atoms with Gasteiger partial charge >= 0.3 is 0 Å². The van der Waals surface area contributed by atoms with Crippen LogP contribution < -0.4 is 5.32 Å². The van der Waals surface area contributed by atoms with Gasteiger partial charge in [0.1, 0.15) is 0 Å². The number of carbonyl (C=O) groups excluding carboxylic acids is 1. The first-order valence-electron chi connectivity index (χ1n) is 8.38. The van der Waals surface area contributed by atoms with Crippen LogP contribution in [0.25, 0.3) is 0 Å². The van der Waals surface area contributed by atoms with E-state index in [2.05, 4.69) is 31.3 Å². The maximum atomic E-state index is 12.8. The molecule has 1 saturated heterocycles. The summed E-state index contributed by atoms with van der Waals surface area (Å²) in [6.45, 7) is 5.95. The molecule has 1 aliphatic heterocycles. The van der Waals surface area contributed by atoms with Crippen molar-refractivity contribution in [3.05, 3.63) is 59.2 Å². The molecule has 0 aliphatic carbocycles. The summed E-state index contributed by atoms with van der Waals surface area (Å²) in [4.78, 5) is 14.8. The highest BCUT2D eigenvalue weighted by molar-refractivity contribution is 6.00. The fourth-order valence-electron chi connectivity index (χ4n) is 3.08. The number of aryl methyl sites for hydroxylation is 1. The van der Waals surface area contributed by atoms with E-state index in [0.29, 0.717) is 0 Å². The molecule has 0 unspecified atom stereocenters. The summed E-state index contributed by atoms with van der Waals surface area (Å²) < 4.78 is 0. The van der Waals surface area contributed by atoms with E-state index in [1.165, 1.54) is 17.5 Å². The summed E-state index contributed by atoms with van der Waals surface area (Å²) in [5, 5.41) is 3.45. The van der Waals surface area contributed by atoms with Crippen LogP contribution in [-0.4, -0.2) is 23.9 Å². The molecule has 1 N–H and O–H groups in total. The van der Waals surface area contributed by atoms with Crippen molar-refractivity contribution in [3.8, 4) is 0 Å². The predicted octanol–water partition coefficient (Wildman–Crippen LogP) is 4.67. The number of nitrogens with one attached hydrogen (secondary N) is 1. The number of anilines is 2. The standard InChI is InChI=1S/C20H24N2O/c1-15-9-8-12-18(16(15)2)21-19-11-5-4-10-17(19)20(23)22-13-6-3-7-14-22/h4-5,8-12,21H,3,6-7,13-14H2,1-2H3. The van der Waals surface area contributed by atoms with Gasteiger partial charge in [-0.15, -0.1) is 0 Å². The maximum Gasteiger partial charge on any atom is 0.255 e. The molecule has 3 heteroatoms. The van der Waals surface area contributed by atoms with Crippen molar-refractivity contribution >= 4 is 17.3 Å². The molecule has 0 spiro atoms. The van der Waals surface area contributed by atoms with Gasteiger partial charge in [0.2, 0.25) is 0 Å². The van der Waals surface area contributed by atoms with Crippen LogP contribution in [0, 0.1) is 13.8 Å². The summed E-state index contributed by atoms with van der Waals surface area (Å²) in [6.07, 6.45) is 3.45. The molecule has 2 aromatic carbocycles. The molecule has 0 atom stereocenters. The van der Waals surface area contributed by atoms with Crippen molar-refractivity contribution in [3.63, 3.8) is 0 Å². The zero-order valence-corrected chi connectivity index (χ0v) is 13.9. The Balaban J connectivity index is 1.88. The van der Waals surface area contributed by atoms with Crippen molar-refractivity contribution in [2.45, 2.75) is 33.1 Å². The Morgan fingerprint density at radius 2 is 1.61 bits per heavy atom. The van der Waals surface area contributed by atoms with Crippen LogP contribution in [0.1, 0.15) is 40.7 Å². The van der Waals surface area contributed by atoms with Crippen LogP contribution in [0.5, 0.6) is 0 Å². The minimum atomic E-state index is 0.137. The van der Waals surface area contributed by atoms with Crippen molar-refractivity contribution < 1.29 is 4.79 Å². The van der Waals surface area contributed by atoms with Crippen LogP contribution >= 0.6 is 0 Å². The Kier molecular flexibility index (Phi) is 4.65. The largest absolute Gasteiger partial charge is 0.355 e. The number of amides is 1. The smallest absolute Gasteiger partial charge is 0.255 e. The highest BCUT2D eigenvalue weighted by atomic mass is 16.2. The van der Waals surface area contributed by atoms with Crippen molar-refractivity contribution in [1.82, 2.24) is 4.90 Å². The minimum Gasteiger partial charge on any atom is -0.355 e. The lowest BCUT2D eigenvalue weighted by Crippen LogP contribution is -2.35. The Morgan fingerprint density at radius 3 is 2.39 bits per heavy atom. The molecule has 1 heterocycles. The molecule has 0 aromatic heterocycles. The van der Waals surface area contributed by atoms with Gasteiger partial charge in [0.25, 0.3) is 5.91 Å². The summed E-state index contributed by atoms with van der Waals surface area (Å²) in [6, 6.07) is 14.0. The van der Waals surface area contributed by atoms with Gasteiger partial charge in [0.15, 0.2) is 0 Å². The van der Waals surface area contributed by atoms with E-state index in [1.54, 1.807) is 0 Å². The number of para-hydroxylation sites is 1. The van der Waals surface area contributed by atoms with Gasteiger partial charge in [0, 0.05) is 18.8 Å². The van der Waals surface area contributed by atoms with Crippen molar-refractivity contribution in [1.29, 1.82) is 0 Å². The highest BCUT2D eigenvalue weighted by Crippen LogP contribution is 2.26. The maximum absolute atomic E-state index is 12.8. The quantitative estimate of drug-likeness (QED) is 0.893. The van der Waals surface area contributed by atoms with E-state index >= 15 is 0 Å². The number of hydrogen-bond acceptors (Lipinski definition) is 2. The number of rotatable bonds is 3. The molecule has 0 radical (unpaired) electrons. The molecular formula is C20H24N2O. The zero-order valence-electron chi connectivity index (χ0n) is 13.9. The lowest BCUT2D eigenvalue weighted by atomic mass is 10.1. The van der Waals surface area contributed by atoms with E-state index in [0.717, 1.165) is 42.9 Å². The van der Waals surface area contributed by atoms with Crippen molar-refractivity contribution in [2.75, 3.05) is 18.4 Å². The third-order valence-electron chi connectivity index (χ3n) is 4.67. The summed E-state index contributed by atoms with van der Waals surface area (Å²) >= 11 is 0. The van der Waals surface area contributed by atoms with Crippen LogP contribution in [0.4, 0.5) is 11.4 Å². The molecule has 1 aliphatic rings. The van der Waals surface area contributed by atoms with Crippen LogP contribution in [0.15, 0.2) is 42.5 Å². The topological polar surface area (TPSA) is 32.3 Å². The van der Waals surface area contributed by atoms with Gasteiger partial charge in [-0.25, -0.2) is 0 Å².